The first-order chi connectivity index (χ1) is 9.81. The Balaban J connectivity index is 2.53. The molecule has 1 aromatic carbocycles. The number of aliphatic hydroxyl groups excluding tert-OH is 1. The summed E-state index contributed by atoms with van der Waals surface area (Å²) in [5, 5.41) is 12.9. The molecule has 8 heteroatoms. The van der Waals surface area contributed by atoms with Crippen molar-refractivity contribution in [3.8, 4) is 0 Å². The predicted octanol–water partition coefficient (Wildman–Crippen LogP) is 1.03. The maximum atomic E-state index is 10.6. The number of nitrogens with one attached hydrogen (secondary N) is 1. The van der Waals surface area contributed by atoms with Gasteiger partial charge in [-0.1, -0.05) is 12.1 Å². The zero-order valence-electron chi connectivity index (χ0n) is 11.7. The number of rotatable bonds is 9. The molecule has 1 unspecified atom stereocenters. The molecule has 0 radical (unpaired) electrons. The summed E-state index contributed by atoms with van der Waals surface area (Å²) in [6.07, 6.45) is -0.175. The predicted molar refractivity (Wildman–Crippen MR) is 88.7 cm³/mol. The maximum Gasteiger partial charge on any atom is 0.264 e. The Kier molecular flexibility index (Phi) is 8.06. The van der Waals surface area contributed by atoms with Gasteiger partial charge in [-0.05, 0) is 59.7 Å². The molecule has 21 heavy (non-hydrogen) atoms. The third-order valence-corrected chi connectivity index (χ3v) is 4.46. The van der Waals surface area contributed by atoms with Crippen molar-refractivity contribution in [3.63, 3.8) is 0 Å². The number of hydrogen-bond donors (Lipinski definition) is 3. The monoisotopic (exact) mass is 429 g/mol. The highest BCUT2D eigenvalue weighted by atomic mass is 127. The Morgan fingerprint density at radius 1 is 1.33 bits per heavy atom. The summed E-state index contributed by atoms with van der Waals surface area (Å²) in [5.74, 6) is -0.306. The van der Waals surface area contributed by atoms with Crippen molar-refractivity contribution in [2.75, 3.05) is 19.4 Å². The second-order valence-corrected chi connectivity index (χ2v) is 7.47. The molecular weight excluding hydrogens is 409 g/mol. The lowest BCUT2D eigenvalue weighted by Gasteiger charge is -2.23. The van der Waals surface area contributed by atoms with Crippen LogP contribution in [0.25, 0.3) is 0 Å². The van der Waals surface area contributed by atoms with E-state index in [-0.39, 0.29) is 18.2 Å². The fourth-order valence-electron chi connectivity index (χ4n) is 1.85. The van der Waals surface area contributed by atoms with Crippen LogP contribution in [0.15, 0.2) is 24.3 Å². The summed E-state index contributed by atoms with van der Waals surface area (Å²) in [7, 11) is -2.54. The van der Waals surface area contributed by atoms with E-state index in [2.05, 4.69) is 27.9 Å². The Morgan fingerprint density at radius 2 is 1.95 bits per heavy atom. The van der Waals surface area contributed by atoms with E-state index in [1.54, 1.807) is 0 Å². The molecule has 0 saturated heterocycles. The molecule has 0 spiro atoms. The van der Waals surface area contributed by atoms with Crippen molar-refractivity contribution in [1.82, 2.24) is 5.32 Å². The van der Waals surface area contributed by atoms with Gasteiger partial charge >= 0.3 is 0 Å². The number of ether oxygens (including phenoxy) is 1. The molecule has 0 aliphatic heterocycles. The van der Waals surface area contributed by atoms with Crippen LogP contribution in [0, 0.1) is 3.57 Å². The van der Waals surface area contributed by atoms with Crippen molar-refractivity contribution in [3.05, 3.63) is 33.4 Å². The molecule has 2 atom stereocenters. The molecule has 0 aromatic heterocycles. The van der Waals surface area contributed by atoms with Gasteiger partial charge in [-0.15, -0.1) is 0 Å². The van der Waals surface area contributed by atoms with Crippen LogP contribution < -0.4 is 5.32 Å². The SMILES string of the molecule is COC(O)[C@@H](Cc1ccc(I)cc1)NCCCS(=O)(=O)O. The Bertz CT molecular complexity index is 520. The summed E-state index contributed by atoms with van der Waals surface area (Å²) >= 11 is 2.22. The summed E-state index contributed by atoms with van der Waals surface area (Å²) in [6.45, 7) is 0.356. The molecule has 0 fully saturated rings. The first-order valence-electron chi connectivity index (χ1n) is 6.45. The molecular formula is C13H20INO5S. The Hall–Kier alpha value is -0.260. The highest BCUT2D eigenvalue weighted by Gasteiger charge is 2.18. The highest BCUT2D eigenvalue weighted by Crippen LogP contribution is 2.11. The lowest BCUT2D eigenvalue weighted by atomic mass is 10.1. The van der Waals surface area contributed by atoms with Gasteiger partial charge in [-0.2, -0.15) is 8.42 Å². The molecule has 1 aromatic rings. The highest BCUT2D eigenvalue weighted by molar-refractivity contribution is 14.1. The summed E-state index contributed by atoms with van der Waals surface area (Å²) in [6, 6.07) is 7.54. The number of halogens is 1. The maximum absolute atomic E-state index is 10.6. The Labute approximate surface area is 138 Å². The molecule has 3 N–H and O–H groups in total. The number of hydrogen-bond acceptors (Lipinski definition) is 5. The minimum atomic E-state index is -3.95. The van der Waals surface area contributed by atoms with Crippen LogP contribution in [-0.4, -0.2) is 49.8 Å². The van der Waals surface area contributed by atoms with Gasteiger partial charge in [0.2, 0.25) is 0 Å². The third-order valence-electron chi connectivity index (χ3n) is 2.94. The smallest absolute Gasteiger partial charge is 0.264 e. The fourth-order valence-corrected chi connectivity index (χ4v) is 2.72. The number of aliphatic hydroxyl groups is 1. The molecule has 0 saturated carbocycles. The summed E-state index contributed by atoms with van der Waals surface area (Å²) in [5.41, 5.74) is 1.04. The average molecular weight is 429 g/mol. The number of methoxy groups -OCH3 is 1. The zero-order chi connectivity index (χ0) is 15.9. The minimum absolute atomic E-state index is 0.262. The number of benzene rings is 1. The molecule has 0 heterocycles. The van der Waals surface area contributed by atoms with Crippen LogP contribution in [0.5, 0.6) is 0 Å². The first-order valence-corrected chi connectivity index (χ1v) is 9.14. The van der Waals surface area contributed by atoms with E-state index in [1.807, 2.05) is 24.3 Å². The van der Waals surface area contributed by atoms with E-state index in [0.717, 1.165) is 9.13 Å². The molecule has 120 valence electrons. The molecule has 0 bridgehead atoms. The molecule has 0 aliphatic rings. The zero-order valence-corrected chi connectivity index (χ0v) is 14.7. The third kappa shape index (κ3) is 8.07. The van der Waals surface area contributed by atoms with Crippen LogP contribution in [0.2, 0.25) is 0 Å². The van der Waals surface area contributed by atoms with Crippen LogP contribution in [0.3, 0.4) is 0 Å². The molecule has 6 nitrogen and oxygen atoms in total. The Morgan fingerprint density at radius 3 is 2.48 bits per heavy atom. The van der Waals surface area contributed by atoms with E-state index >= 15 is 0 Å². The molecule has 1 rings (SSSR count). The molecule has 0 amide bonds. The van der Waals surface area contributed by atoms with Gasteiger partial charge < -0.3 is 15.2 Å². The van der Waals surface area contributed by atoms with E-state index in [9.17, 15) is 13.5 Å². The van der Waals surface area contributed by atoms with E-state index in [1.165, 1.54) is 7.11 Å². The van der Waals surface area contributed by atoms with Gasteiger partial charge in [0.25, 0.3) is 10.1 Å². The van der Waals surface area contributed by atoms with Crippen LogP contribution >= 0.6 is 22.6 Å². The second-order valence-electron chi connectivity index (χ2n) is 4.66. The first kappa shape index (κ1) is 18.8. The quantitative estimate of drug-likeness (QED) is 0.235. The minimum Gasteiger partial charge on any atom is -0.367 e. The lowest BCUT2D eigenvalue weighted by molar-refractivity contribution is -0.0966. The van der Waals surface area contributed by atoms with Crippen molar-refractivity contribution >= 4 is 32.7 Å². The molecule has 0 aliphatic carbocycles. The van der Waals surface area contributed by atoms with Crippen molar-refractivity contribution in [2.45, 2.75) is 25.2 Å². The van der Waals surface area contributed by atoms with Gasteiger partial charge in [-0.25, -0.2) is 0 Å². The summed E-state index contributed by atoms with van der Waals surface area (Å²) in [4.78, 5) is 0. The van der Waals surface area contributed by atoms with E-state index < -0.39 is 16.4 Å². The van der Waals surface area contributed by atoms with Gasteiger partial charge in [0, 0.05) is 10.7 Å². The van der Waals surface area contributed by atoms with E-state index in [4.69, 9.17) is 9.29 Å². The van der Waals surface area contributed by atoms with Gasteiger partial charge in [0.1, 0.15) is 0 Å². The normalized spacial score (nSPS) is 14.9. The fraction of sp³-hybridized carbons (Fsp3) is 0.538. The topological polar surface area (TPSA) is 95.9 Å². The summed E-state index contributed by atoms with van der Waals surface area (Å²) < 4.78 is 36.0. The van der Waals surface area contributed by atoms with Gasteiger partial charge in [-0.3, -0.25) is 4.55 Å². The van der Waals surface area contributed by atoms with Crippen molar-refractivity contribution in [1.29, 1.82) is 0 Å². The second kappa shape index (κ2) is 9.01. The van der Waals surface area contributed by atoms with Gasteiger partial charge in [0.15, 0.2) is 6.29 Å². The van der Waals surface area contributed by atoms with E-state index in [0.29, 0.717) is 13.0 Å². The lowest BCUT2D eigenvalue weighted by Crippen LogP contribution is -2.43. The van der Waals surface area contributed by atoms with Gasteiger partial charge in [0.05, 0.1) is 11.8 Å². The van der Waals surface area contributed by atoms with Crippen molar-refractivity contribution in [2.24, 2.45) is 0 Å². The largest absolute Gasteiger partial charge is 0.367 e. The standard InChI is InChI=1S/C13H20INO5S/c1-20-13(16)12(15-7-2-8-21(17,18)19)9-10-3-5-11(14)6-4-10/h3-6,12-13,15-16H,2,7-9H2,1H3,(H,17,18,19)/t12-,13?/m1/s1. The average Bonchev–Trinajstić information content (AvgIpc) is 2.42. The van der Waals surface area contributed by atoms with Crippen LogP contribution in [-0.2, 0) is 21.3 Å². The van der Waals surface area contributed by atoms with Crippen molar-refractivity contribution < 1.29 is 22.8 Å². The van der Waals surface area contributed by atoms with Crippen LogP contribution in [0.4, 0.5) is 0 Å². The van der Waals surface area contributed by atoms with Crippen LogP contribution in [0.1, 0.15) is 12.0 Å².